The first-order valence-corrected chi connectivity index (χ1v) is 11.2. The maximum absolute atomic E-state index is 13.4. The molecule has 0 bridgehead atoms. The molecule has 0 saturated carbocycles. The number of benzene rings is 2. The van der Waals surface area contributed by atoms with Crippen LogP contribution >= 0.6 is 11.6 Å². The van der Waals surface area contributed by atoms with Gasteiger partial charge in [-0.25, -0.2) is 0 Å². The van der Waals surface area contributed by atoms with Crippen molar-refractivity contribution in [3.8, 4) is 0 Å². The van der Waals surface area contributed by atoms with E-state index in [-0.39, 0.29) is 41.2 Å². The molecule has 0 spiro atoms. The van der Waals surface area contributed by atoms with Crippen molar-refractivity contribution in [3.63, 3.8) is 0 Å². The molecule has 0 unspecified atom stereocenters. The molecule has 2 amide bonds. The van der Waals surface area contributed by atoms with Crippen LogP contribution in [0, 0.1) is 16.0 Å². The summed E-state index contributed by atoms with van der Waals surface area (Å²) in [5.41, 5.74) is 0.689. The fraction of sp³-hybridized carbons (Fsp3) is 0.280. The van der Waals surface area contributed by atoms with E-state index >= 15 is 0 Å². The van der Waals surface area contributed by atoms with E-state index in [4.69, 9.17) is 16.0 Å². The minimum Gasteiger partial charge on any atom is -0.467 e. The normalized spacial score (nSPS) is 10.8. The minimum absolute atomic E-state index is 0.0551. The van der Waals surface area contributed by atoms with E-state index in [2.05, 4.69) is 0 Å². The maximum Gasteiger partial charge on any atom is 0.288 e. The van der Waals surface area contributed by atoms with Gasteiger partial charge < -0.3 is 14.2 Å². The molecule has 0 aliphatic rings. The molecule has 2 aromatic carbocycles. The molecule has 178 valence electrons. The van der Waals surface area contributed by atoms with Crippen molar-refractivity contribution < 1.29 is 18.9 Å². The van der Waals surface area contributed by atoms with Crippen LogP contribution in [0.3, 0.4) is 0 Å². The van der Waals surface area contributed by atoms with Gasteiger partial charge in [-0.15, -0.1) is 0 Å². The van der Waals surface area contributed by atoms with Gasteiger partial charge in [-0.3, -0.25) is 19.7 Å². The lowest BCUT2D eigenvalue weighted by molar-refractivity contribution is -0.384. The van der Waals surface area contributed by atoms with Crippen LogP contribution in [0.4, 0.5) is 5.69 Å². The SMILES string of the molecule is CC(C)CN(CC(=O)N(Cc1ccccc1)Cc1ccco1)C(=O)c1ccc(Cl)c([N+](=O)[O-])c1. The summed E-state index contributed by atoms with van der Waals surface area (Å²) in [6.45, 7) is 4.58. The van der Waals surface area contributed by atoms with Gasteiger partial charge >= 0.3 is 0 Å². The van der Waals surface area contributed by atoms with Crippen LogP contribution in [0.2, 0.25) is 5.02 Å². The first-order valence-electron chi connectivity index (χ1n) is 10.8. The molecule has 0 N–H and O–H groups in total. The van der Waals surface area contributed by atoms with Crippen LogP contribution in [0.1, 0.15) is 35.5 Å². The molecule has 0 aliphatic heterocycles. The number of rotatable bonds is 10. The van der Waals surface area contributed by atoms with Gasteiger partial charge in [0.2, 0.25) is 5.91 Å². The van der Waals surface area contributed by atoms with Crippen LogP contribution in [-0.4, -0.2) is 39.6 Å². The van der Waals surface area contributed by atoms with Crippen molar-refractivity contribution in [1.29, 1.82) is 0 Å². The van der Waals surface area contributed by atoms with E-state index in [9.17, 15) is 19.7 Å². The Morgan fingerprint density at radius 1 is 1.03 bits per heavy atom. The third-order valence-corrected chi connectivity index (χ3v) is 5.40. The Balaban J connectivity index is 1.84. The molecule has 3 rings (SSSR count). The van der Waals surface area contributed by atoms with Gasteiger partial charge in [-0.05, 0) is 35.7 Å². The number of hydrogen-bond donors (Lipinski definition) is 0. The Morgan fingerprint density at radius 2 is 1.76 bits per heavy atom. The van der Waals surface area contributed by atoms with Crippen molar-refractivity contribution in [2.45, 2.75) is 26.9 Å². The summed E-state index contributed by atoms with van der Waals surface area (Å²) in [7, 11) is 0. The molecule has 34 heavy (non-hydrogen) atoms. The fourth-order valence-electron chi connectivity index (χ4n) is 3.52. The van der Waals surface area contributed by atoms with Crippen molar-refractivity contribution >= 4 is 29.1 Å². The van der Waals surface area contributed by atoms with Crippen LogP contribution in [-0.2, 0) is 17.9 Å². The Morgan fingerprint density at radius 3 is 2.38 bits per heavy atom. The third kappa shape index (κ3) is 6.68. The largest absolute Gasteiger partial charge is 0.467 e. The van der Waals surface area contributed by atoms with Gasteiger partial charge in [0.1, 0.15) is 17.3 Å². The van der Waals surface area contributed by atoms with Gasteiger partial charge in [0.15, 0.2) is 0 Å². The van der Waals surface area contributed by atoms with Crippen LogP contribution < -0.4 is 0 Å². The highest BCUT2D eigenvalue weighted by Gasteiger charge is 2.26. The lowest BCUT2D eigenvalue weighted by atomic mass is 10.1. The predicted molar refractivity (Wildman–Crippen MR) is 128 cm³/mol. The zero-order valence-electron chi connectivity index (χ0n) is 19.0. The number of hydrogen-bond acceptors (Lipinski definition) is 5. The van der Waals surface area contributed by atoms with E-state index < -0.39 is 10.8 Å². The standard InChI is InChI=1S/C25H26ClN3O5/c1-18(2)14-28(25(31)20-10-11-22(26)23(13-20)29(32)33)17-24(30)27(16-21-9-6-12-34-21)15-19-7-4-3-5-8-19/h3-13,18H,14-17H2,1-2H3. The molecule has 3 aromatic rings. The second-order valence-electron chi connectivity index (χ2n) is 8.32. The minimum atomic E-state index is -0.637. The summed E-state index contributed by atoms with van der Waals surface area (Å²) >= 11 is 5.89. The Kier molecular flexibility index (Phi) is 8.43. The highest BCUT2D eigenvalue weighted by molar-refractivity contribution is 6.32. The number of carbonyl (C=O) groups excluding carboxylic acids is 2. The average molecular weight is 484 g/mol. The number of carbonyl (C=O) groups is 2. The number of furan rings is 1. The summed E-state index contributed by atoms with van der Waals surface area (Å²) in [5.74, 6) is -0.0387. The number of nitro groups is 1. The van der Waals surface area contributed by atoms with Crippen LogP contribution in [0.5, 0.6) is 0 Å². The number of nitro benzene ring substituents is 1. The van der Waals surface area contributed by atoms with E-state index in [1.807, 2.05) is 44.2 Å². The van der Waals surface area contributed by atoms with Crippen molar-refractivity contribution in [2.24, 2.45) is 5.92 Å². The molecule has 1 aromatic heterocycles. The van der Waals surface area contributed by atoms with Gasteiger partial charge in [0, 0.05) is 24.7 Å². The predicted octanol–water partition coefficient (Wildman–Crippen LogP) is 5.17. The molecular weight excluding hydrogens is 458 g/mol. The van der Waals surface area contributed by atoms with Crippen molar-refractivity contribution in [1.82, 2.24) is 9.80 Å². The summed E-state index contributed by atoms with van der Waals surface area (Å²) in [6, 6.07) is 17.0. The summed E-state index contributed by atoms with van der Waals surface area (Å²) in [4.78, 5) is 40.3. The summed E-state index contributed by atoms with van der Waals surface area (Å²) in [5, 5.41) is 11.2. The zero-order valence-corrected chi connectivity index (χ0v) is 19.8. The molecule has 0 atom stereocenters. The maximum atomic E-state index is 13.4. The summed E-state index contributed by atoms with van der Waals surface area (Å²) < 4.78 is 5.43. The van der Waals surface area contributed by atoms with Crippen LogP contribution in [0.15, 0.2) is 71.3 Å². The molecule has 0 fully saturated rings. The average Bonchev–Trinajstić information content (AvgIpc) is 3.31. The quantitative estimate of drug-likeness (QED) is 0.293. The Labute approximate surface area is 202 Å². The Hall–Kier alpha value is -3.65. The summed E-state index contributed by atoms with van der Waals surface area (Å²) in [6.07, 6.45) is 1.54. The third-order valence-electron chi connectivity index (χ3n) is 5.08. The number of halogens is 1. The Bertz CT molecular complexity index is 1130. The zero-order chi connectivity index (χ0) is 24.7. The first kappa shape index (κ1) is 25.0. The molecule has 9 heteroatoms. The van der Waals surface area contributed by atoms with Gasteiger partial charge in [0.25, 0.3) is 11.6 Å². The molecule has 0 radical (unpaired) electrons. The van der Waals surface area contributed by atoms with Crippen molar-refractivity contribution in [2.75, 3.05) is 13.1 Å². The number of nitrogens with zero attached hydrogens (tertiary/aromatic N) is 3. The lowest BCUT2D eigenvalue weighted by Crippen LogP contribution is -2.43. The van der Waals surface area contributed by atoms with E-state index in [1.165, 1.54) is 17.0 Å². The van der Waals surface area contributed by atoms with Crippen LogP contribution in [0.25, 0.3) is 0 Å². The highest BCUT2D eigenvalue weighted by Crippen LogP contribution is 2.26. The monoisotopic (exact) mass is 483 g/mol. The molecule has 8 nitrogen and oxygen atoms in total. The van der Waals surface area contributed by atoms with Gasteiger partial charge in [-0.2, -0.15) is 0 Å². The second kappa shape index (κ2) is 11.5. The van der Waals surface area contributed by atoms with Crippen molar-refractivity contribution in [3.05, 3.63) is 99.0 Å². The molecule has 1 heterocycles. The van der Waals surface area contributed by atoms with E-state index in [1.54, 1.807) is 23.3 Å². The second-order valence-corrected chi connectivity index (χ2v) is 8.72. The van der Waals surface area contributed by atoms with Gasteiger partial charge in [-0.1, -0.05) is 55.8 Å². The molecule has 0 saturated heterocycles. The smallest absolute Gasteiger partial charge is 0.288 e. The van der Waals surface area contributed by atoms with Gasteiger partial charge in [0.05, 0.1) is 17.7 Å². The highest BCUT2D eigenvalue weighted by atomic mass is 35.5. The molecular formula is C25H26ClN3O5. The fourth-order valence-corrected chi connectivity index (χ4v) is 3.70. The van der Waals surface area contributed by atoms with E-state index in [0.29, 0.717) is 18.8 Å². The van der Waals surface area contributed by atoms with E-state index in [0.717, 1.165) is 11.6 Å². The number of amides is 2. The lowest BCUT2D eigenvalue weighted by Gasteiger charge is -2.28. The first-order chi connectivity index (χ1) is 16.2. The molecule has 0 aliphatic carbocycles. The topological polar surface area (TPSA) is 96.9 Å².